The Morgan fingerprint density at radius 2 is 2.32 bits per heavy atom. The average molecular weight is 324 g/mol. The van der Waals surface area contributed by atoms with Crippen molar-refractivity contribution in [2.24, 2.45) is 0 Å². The van der Waals surface area contributed by atoms with Gasteiger partial charge in [-0.05, 0) is 24.1 Å². The van der Waals surface area contributed by atoms with Gasteiger partial charge in [-0.15, -0.1) is 0 Å². The molecule has 1 aromatic carbocycles. The van der Waals surface area contributed by atoms with Gasteiger partial charge in [0.2, 0.25) is 0 Å². The molecular formula is C14H14ClN3O4. The van der Waals surface area contributed by atoms with Crippen LogP contribution in [0.2, 0.25) is 5.02 Å². The molecule has 2 heterocycles. The van der Waals surface area contributed by atoms with Crippen molar-refractivity contribution < 1.29 is 14.6 Å². The number of aryl methyl sites for hydroxylation is 1. The van der Waals surface area contributed by atoms with Crippen LogP contribution in [0.1, 0.15) is 30.5 Å². The summed E-state index contributed by atoms with van der Waals surface area (Å²) >= 11 is 5.93. The molecule has 0 spiro atoms. The minimum atomic E-state index is -1.40. The van der Waals surface area contributed by atoms with Crippen LogP contribution in [0.5, 0.6) is 0 Å². The number of carboxylic acid groups (broad SMARTS) is 1. The molecule has 0 saturated carbocycles. The van der Waals surface area contributed by atoms with E-state index in [1.807, 2.05) is 6.07 Å². The standard InChI is InChI=1S/C14H14ClN3O4/c15-10-4-1-3-9(7-10)8-17-13(19)18-11(16-17)5-2-6-12(18)22-14(20)21/h1,3-4,7,12H,2,5-6,8H2,(H,20,21). The van der Waals surface area contributed by atoms with E-state index >= 15 is 0 Å². The van der Waals surface area contributed by atoms with Gasteiger partial charge in [0.25, 0.3) is 0 Å². The zero-order chi connectivity index (χ0) is 15.7. The van der Waals surface area contributed by atoms with E-state index in [9.17, 15) is 9.59 Å². The smallest absolute Gasteiger partial charge is 0.450 e. The van der Waals surface area contributed by atoms with Crippen molar-refractivity contribution in [1.29, 1.82) is 0 Å². The second-order valence-corrected chi connectivity index (χ2v) is 5.52. The quantitative estimate of drug-likeness (QED) is 0.876. The van der Waals surface area contributed by atoms with Gasteiger partial charge >= 0.3 is 11.8 Å². The van der Waals surface area contributed by atoms with Crippen LogP contribution in [-0.2, 0) is 17.7 Å². The summed E-state index contributed by atoms with van der Waals surface area (Å²) in [4.78, 5) is 23.2. The van der Waals surface area contributed by atoms with Gasteiger partial charge in [-0.25, -0.2) is 18.8 Å². The Kier molecular flexibility index (Phi) is 3.89. The maximum Gasteiger partial charge on any atom is 0.507 e. The van der Waals surface area contributed by atoms with Crippen molar-refractivity contribution in [3.8, 4) is 0 Å². The third-order valence-corrected chi connectivity index (χ3v) is 3.77. The number of hydrogen-bond acceptors (Lipinski definition) is 4. The lowest BCUT2D eigenvalue weighted by Crippen LogP contribution is -2.33. The van der Waals surface area contributed by atoms with Gasteiger partial charge in [0.15, 0.2) is 6.23 Å². The zero-order valence-corrected chi connectivity index (χ0v) is 12.4. The van der Waals surface area contributed by atoms with E-state index in [2.05, 4.69) is 5.10 Å². The number of carbonyl (C=O) groups is 1. The van der Waals surface area contributed by atoms with Crippen LogP contribution in [0, 0.1) is 0 Å². The predicted octanol–water partition coefficient (Wildman–Crippen LogP) is 2.28. The van der Waals surface area contributed by atoms with E-state index < -0.39 is 12.4 Å². The fraction of sp³-hybridized carbons (Fsp3) is 0.357. The van der Waals surface area contributed by atoms with E-state index in [1.54, 1.807) is 18.2 Å². The minimum absolute atomic E-state index is 0.277. The SMILES string of the molecule is O=C(O)OC1CCCc2nn(Cc3cccc(Cl)c3)c(=O)n21. The first kappa shape index (κ1) is 14.6. The molecule has 1 aromatic heterocycles. The average Bonchev–Trinajstić information content (AvgIpc) is 2.76. The number of ether oxygens (including phenoxy) is 1. The molecule has 116 valence electrons. The largest absolute Gasteiger partial charge is 0.507 e. The monoisotopic (exact) mass is 323 g/mol. The number of hydrogen-bond donors (Lipinski definition) is 1. The fourth-order valence-electron chi connectivity index (χ4n) is 2.63. The molecule has 2 aromatic rings. The van der Waals surface area contributed by atoms with Gasteiger partial charge < -0.3 is 9.84 Å². The summed E-state index contributed by atoms with van der Waals surface area (Å²) in [6, 6.07) is 7.16. The molecular weight excluding hydrogens is 310 g/mol. The van der Waals surface area contributed by atoms with Gasteiger partial charge in [0.1, 0.15) is 5.82 Å². The molecule has 3 rings (SSSR count). The third kappa shape index (κ3) is 2.85. The van der Waals surface area contributed by atoms with Crippen LogP contribution < -0.4 is 5.69 Å². The number of aromatic nitrogens is 3. The molecule has 1 atom stereocenters. The fourth-order valence-corrected chi connectivity index (χ4v) is 2.84. The molecule has 0 bridgehead atoms. The molecule has 1 N–H and O–H groups in total. The molecule has 8 heteroatoms. The van der Waals surface area contributed by atoms with Crippen molar-refractivity contribution in [3.63, 3.8) is 0 Å². The van der Waals surface area contributed by atoms with Gasteiger partial charge in [0.05, 0.1) is 6.54 Å². The van der Waals surface area contributed by atoms with Gasteiger partial charge in [-0.2, -0.15) is 5.10 Å². The Hall–Kier alpha value is -2.28. The number of rotatable bonds is 3. The number of fused-ring (bicyclic) bond motifs is 1. The summed E-state index contributed by atoms with van der Waals surface area (Å²) < 4.78 is 7.42. The molecule has 22 heavy (non-hydrogen) atoms. The van der Waals surface area contributed by atoms with Crippen LogP contribution in [-0.4, -0.2) is 25.6 Å². The Morgan fingerprint density at radius 3 is 3.05 bits per heavy atom. The van der Waals surface area contributed by atoms with E-state index in [0.717, 1.165) is 12.0 Å². The highest BCUT2D eigenvalue weighted by Crippen LogP contribution is 2.23. The Labute approximate surface area is 130 Å². The van der Waals surface area contributed by atoms with Crippen molar-refractivity contribution in [2.75, 3.05) is 0 Å². The second-order valence-electron chi connectivity index (χ2n) is 5.09. The van der Waals surface area contributed by atoms with Crippen molar-refractivity contribution >= 4 is 17.8 Å². The van der Waals surface area contributed by atoms with Gasteiger partial charge in [-0.3, -0.25) is 0 Å². The highest BCUT2D eigenvalue weighted by atomic mass is 35.5. The van der Waals surface area contributed by atoms with Gasteiger partial charge in [-0.1, -0.05) is 23.7 Å². The second kappa shape index (κ2) is 5.84. The number of halogens is 1. The number of nitrogens with zero attached hydrogens (tertiary/aromatic N) is 3. The first-order valence-electron chi connectivity index (χ1n) is 6.87. The molecule has 0 aliphatic carbocycles. The van der Waals surface area contributed by atoms with Crippen molar-refractivity contribution in [3.05, 3.63) is 51.2 Å². The molecule has 1 aliphatic heterocycles. The first-order chi connectivity index (χ1) is 10.5. The Morgan fingerprint density at radius 1 is 1.50 bits per heavy atom. The zero-order valence-electron chi connectivity index (χ0n) is 11.6. The van der Waals surface area contributed by atoms with E-state index in [0.29, 0.717) is 23.7 Å². The Balaban J connectivity index is 1.93. The molecule has 1 unspecified atom stereocenters. The normalized spacial score (nSPS) is 17.0. The van der Waals surface area contributed by atoms with Gasteiger partial charge in [0, 0.05) is 17.9 Å². The summed E-state index contributed by atoms with van der Waals surface area (Å²) in [5.74, 6) is 0.546. The minimum Gasteiger partial charge on any atom is -0.450 e. The van der Waals surface area contributed by atoms with Crippen LogP contribution in [0.25, 0.3) is 0 Å². The van der Waals surface area contributed by atoms with Crippen molar-refractivity contribution in [1.82, 2.24) is 14.3 Å². The van der Waals surface area contributed by atoms with Crippen LogP contribution in [0.15, 0.2) is 29.1 Å². The maximum atomic E-state index is 12.5. The van der Waals surface area contributed by atoms with Crippen molar-refractivity contribution in [2.45, 2.75) is 32.0 Å². The highest BCUT2D eigenvalue weighted by Gasteiger charge is 2.28. The van der Waals surface area contributed by atoms with Crippen LogP contribution >= 0.6 is 11.6 Å². The summed E-state index contributed by atoms with van der Waals surface area (Å²) in [6.07, 6.45) is -0.376. The lowest BCUT2D eigenvalue weighted by atomic mass is 10.1. The number of benzene rings is 1. The summed E-state index contributed by atoms with van der Waals surface area (Å²) in [5.41, 5.74) is 0.474. The predicted molar refractivity (Wildman–Crippen MR) is 78.1 cm³/mol. The molecule has 0 amide bonds. The van der Waals surface area contributed by atoms with E-state index in [-0.39, 0.29) is 12.2 Å². The van der Waals surface area contributed by atoms with Crippen LogP contribution in [0.4, 0.5) is 4.79 Å². The summed E-state index contributed by atoms with van der Waals surface area (Å²) in [5, 5.41) is 13.6. The third-order valence-electron chi connectivity index (χ3n) is 3.54. The Bertz CT molecular complexity index is 768. The molecule has 0 saturated heterocycles. The van der Waals surface area contributed by atoms with E-state index in [4.69, 9.17) is 21.4 Å². The summed E-state index contributed by atoms with van der Waals surface area (Å²) in [7, 11) is 0. The highest BCUT2D eigenvalue weighted by molar-refractivity contribution is 6.30. The molecule has 0 radical (unpaired) electrons. The maximum absolute atomic E-state index is 12.5. The first-order valence-corrected chi connectivity index (χ1v) is 7.24. The van der Waals surface area contributed by atoms with E-state index in [1.165, 1.54) is 9.25 Å². The lowest BCUT2D eigenvalue weighted by Gasteiger charge is -2.21. The molecule has 7 nitrogen and oxygen atoms in total. The summed E-state index contributed by atoms with van der Waals surface area (Å²) in [6.45, 7) is 0.277. The topological polar surface area (TPSA) is 86.3 Å². The lowest BCUT2D eigenvalue weighted by molar-refractivity contribution is 0.00392. The van der Waals surface area contributed by atoms with Crippen LogP contribution in [0.3, 0.4) is 0 Å². The molecule has 1 aliphatic rings. The molecule has 0 fully saturated rings.